The van der Waals surface area contributed by atoms with Gasteiger partial charge in [0.15, 0.2) is 0 Å². The topological polar surface area (TPSA) is 42.4 Å². The van der Waals surface area contributed by atoms with Gasteiger partial charge in [-0.15, -0.1) is 0 Å². The summed E-state index contributed by atoms with van der Waals surface area (Å²) in [5.41, 5.74) is 2.05. The third-order valence-electron chi connectivity index (χ3n) is 5.30. The maximum Gasteiger partial charge on any atom is 0.149 e. The first-order valence-corrected chi connectivity index (χ1v) is 8.48. The lowest BCUT2D eigenvalue weighted by Gasteiger charge is -2.25. The molecule has 24 heavy (non-hydrogen) atoms. The lowest BCUT2D eigenvalue weighted by atomic mass is 9.80. The SMILES string of the molecule is CCC(C)(O)c1cc2c(c(-c3ccc(F)cc3)n1)OC[C@]2(C)CC. The zero-order valence-electron chi connectivity index (χ0n) is 14.7. The molecule has 0 saturated heterocycles. The van der Waals surface area contributed by atoms with Crippen LogP contribution in [0, 0.1) is 5.82 Å². The number of rotatable bonds is 4. The highest BCUT2D eigenvalue weighted by Crippen LogP contribution is 2.47. The number of fused-ring (bicyclic) bond motifs is 1. The maximum absolute atomic E-state index is 13.3. The summed E-state index contributed by atoms with van der Waals surface area (Å²) in [4.78, 5) is 4.69. The highest BCUT2D eigenvalue weighted by atomic mass is 19.1. The summed E-state index contributed by atoms with van der Waals surface area (Å²) in [7, 11) is 0. The minimum absolute atomic E-state index is 0.106. The smallest absolute Gasteiger partial charge is 0.149 e. The highest BCUT2D eigenvalue weighted by Gasteiger charge is 2.39. The van der Waals surface area contributed by atoms with Crippen LogP contribution in [0.2, 0.25) is 0 Å². The molecule has 0 spiro atoms. The molecule has 0 fully saturated rings. The largest absolute Gasteiger partial charge is 0.490 e. The predicted molar refractivity (Wildman–Crippen MR) is 92.6 cm³/mol. The van der Waals surface area contributed by atoms with E-state index in [1.807, 2.05) is 13.0 Å². The Bertz CT molecular complexity index is 755. The summed E-state index contributed by atoms with van der Waals surface area (Å²) < 4.78 is 19.3. The number of hydrogen-bond acceptors (Lipinski definition) is 3. The van der Waals surface area contributed by atoms with E-state index < -0.39 is 5.60 Å². The molecule has 0 aliphatic carbocycles. The Morgan fingerprint density at radius 2 is 1.96 bits per heavy atom. The van der Waals surface area contributed by atoms with Crippen LogP contribution in [0.15, 0.2) is 30.3 Å². The van der Waals surface area contributed by atoms with Crippen molar-refractivity contribution in [2.24, 2.45) is 0 Å². The van der Waals surface area contributed by atoms with Gasteiger partial charge >= 0.3 is 0 Å². The molecule has 0 amide bonds. The summed E-state index contributed by atoms with van der Waals surface area (Å²) in [6.07, 6.45) is 1.49. The number of nitrogens with zero attached hydrogens (tertiary/aromatic N) is 1. The summed E-state index contributed by atoms with van der Waals surface area (Å²) in [5.74, 6) is 0.466. The summed E-state index contributed by atoms with van der Waals surface area (Å²) in [6.45, 7) is 8.59. The third-order valence-corrected chi connectivity index (χ3v) is 5.30. The van der Waals surface area contributed by atoms with E-state index in [9.17, 15) is 9.50 Å². The summed E-state index contributed by atoms with van der Waals surface area (Å²) in [6, 6.07) is 8.22. The Morgan fingerprint density at radius 3 is 2.54 bits per heavy atom. The quantitative estimate of drug-likeness (QED) is 0.894. The Morgan fingerprint density at radius 1 is 1.29 bits per heavy atom. The third kappa shape index (κ3) is 2.69. The first kappa shape index (κ1) is 16.9. The number of halogens is 1. The van der Waals surface area contributed by atoms with Crippen LogP contribution in [-0.4, -0.2) is 16.7 Å². The Kier molecular flexibility index (Phi) is 4.12. The van der Waals surface area contributed by atoms with Gasteiger partial charge in [0.1, 0.15) is 22.9 Å². The molecule has 2 atom stereocenters. The monoisotopic (exact) mass is 329 g/mol. The molecule has 0 radical (unpaired) electrons. The Labute approximate surface area is 142 Å². The molecule has 1 aliphatic rings. The number of pyridine rings is 1. The fourth-order valence-corrected chi connectivity index (χ4v) is 2.99. The van der Waals surface area contributed by atoms with E-state index in [4.69, 9.17) is 4.74 Å². The van der Waals surface area contributed by atoms with Crippen molar-refractivity contribution in [3.8, 4) is 17.0 Å². The van der Waals surface area contributed by atoms with Gasteiger partial charge in [-0.2, -0.15) is 0 Å². The maximum atomic E-state index is 13.3. The molecular weight excluding hydrogens is 305 g/mol. The first-order chi connectivity index (χ1) is 11.3. The van der Waals surface area contributed by atoms with Gasteiger partial charge in [-0.3, -0.25) is 0 Å². The fourth-order valence-electron chi connectivity index (χ4n) is 2.99. The van der Waals surface area contributed by atoms with Gasteiger partial charge in [-0.1, -0.05) is 20.8 Å². The van der Waals surface area contributed by atoms with Crippen LogP contribution >= 0.6 is 0 Å². The molecule has 4 heteroatoms. The van der Waals surface area contributed by atoms with Crippen molar-refractivity contribution in [3.05, 3.63) is 47.4 Å². The van der Waals surface area contributed by atoms with Gasteiger partial charge in [-0.25, -0.2) is 9.37 Å². The molecule has 0 saturated carbocycles. The lowest BCUT2D eigenvalue weighted by molar-refractivity contribution is 0.0485. The lowest BCUT2D eigenvalue weighted by Crippen LogP contribution is -2.25. The van der Waals surface area contributed by atoms with Crippen molar-refractivity contribution in [2.75, 3.05) is 6.61 Å². The van der Waals surface area contributed by atoms with Gasteiger partial charge < -0.3 is 9.84 Å². The van der Waals surface area contributed by atoms with E-state index in [2.05, 4.69) is 18.8 Å². The van der Waals surface area contributed by atoms with E-state index in [0.717, 1.165) is 23.3 Å². The molecule has 1 aliphatic heterocycles. The van der Waals surface area contributed by atoms with Crippen LogP contribution in [-0.2, 0) is 11.0 Å². The van der Waals surface area contributed by atoms with E-state index in [0.29, 0.717) is 24.4 Å². The standard InChI is InChI=1S/C20H24FNO2/c1-5-19(3)12-24-18-15(19)11-16(20(4,23)6-2)22-17(18)13-7-9-14(21)10-8-13/h7-11,23H,5-6,12H2,1-4H3/t19-,20?/m0/s1. The van der Waals surface area contributed by atoms with Crippen LogP contribution in [0.1, 0.15) is 51.8 Å². The zero-order chi connectivity index (χ0) is 17.5. The molecule has 1 aromatic heterocycles. The van der Waals surface area contributed by atoms with Crippen molar-refractivity contribution in [3.63, 3.8) is 0 Å². The molecule has 1 aromatic carbocycles. The Balaban J connectivity index is 2.25. The van der Waals surface area contributed by atoms with Crippen LogP contribution < -0.4 is 4.74 Å². The number of aromatic nitrogens is 1. The normalized spacial score (nSPS) is 21.9. The second kappa shape index (κ2) is 5.85. The minimum Gasteiger partial charge on any atom is -0.490 e. The minimum atomic E-state index is -1.01. The average Bonchev–Trinajstić information content (AvgIpc) is 2.93. The molecule has 3 nitrogen and oxygen atoms in total. The van der Waals surface area contributed by atoms with Crippen LogP contribution in [0.5, 0.6) is 5.75 Å². The van der Waals surface area contributed by atoms with Gasteiger partial charge in [0.05, 0.1) is 12.3 Å². The van der Waals surface area contributed by atoms with Crippen molar-refractivity contribution in [2.45, 2.75) is 51.6 Å². The van der Waals surface area contributed by atoms with Gasteiger partial charge in [0, 0.05) is 16.5 Å². The van der Waals surface area contributed by atoms with E-state index in [1.54, 1.807) is 19.1 Å². The molecule has 128 valence electrons. The van der Waals surface area contributed by atoms with E-state index in [1.165, 1.54) is 12.1 Å². The summed E-state index contributed by atoms with van der Waals surface area (Å²) in [5, 5.41) is 10.7. The van der Waals surface area contributed by atoms with Gasteiger partial charge in [-0.05, 0) is 50.1 Å². The Hall–Kier alpha value is -1.94. The average molecular weight is 329 g/mol. The predicted octanol–water partition coefficient (Wildman–Crippen LogP) is 4.57. The highest BCUT2D eigenvalue weighted by molar-refractivity contribution is 5.70. The molecular formula is C20H24FNO2. The summed E-state index contributed by atoms with van der Waals surface area (Å²) >= 11 is 0. The first-order valence-electron chi connectivity index (χ1n) is 8.48. The van der Waals surface area contributed by atoms with Crippen molar-refractivity contribution in [1.29, 1.82) is 0 Å². The van der Waals surface area contributed by atoms with Crippen molar-refractivity contribution < 1.29 is 14.2 Å². The zero-order valence-corrected chi connectivity index (χ0v) is 14.7. The number of ether oxygens (including phenoxy) is 1. The van der Waals surface area contributed by atoms with Crippen LogP contribution in [0.25, 0.3) is 11.3 Å². The second-order valence-electron chi connectivity index (χ2n) is 7.07. The van der Waals surface area contributed by atoms with Gasteiger partial charge in [0.25, 0.3) is 0 Å². The molecule has 2 heterocycles. The van der Waals surface area contributed by atoms with Crippen molar-refractivity contribution in [1.82, 2.24) is 4.98 Å². The molecule has 2 aromatic rings. The van der Waals surface area contributed by atoms with Crippen molar-refractivity contribution >= 4 is 0 Å². The number of aliphatic hydroxyl groups is 1. The van der Waals surface area contributed by atoms with Crippen LogP contribution in [0.4, 0.5) is 4.39 Å². The van der Waals surface area contributed by atoms with E-state index >= 15 is 0 Å². The van der Waals surface area contributed by atoms with Crippen LogP contribution in [0.3, 0.4) is 0 Å². The molecule has 0 bridgehead atoms. The van der Waals surface area contributed by atoms with Gasteiger partial charge in [0.2, 0.25) is 0 Å². The second-order valence-corrected chi connectivity index (χ2v) is 7.07. The van der Waals surface area contributed by atoms with E-state index in [-0.39, 0.29) is 11.2 Å². The number of benzene rings is 1. The molecule has 1 N–H and O–H groups in total. The molecule has 1 unspecified atom stereocenters. The number of hydrogen-bond donors (Lipinski definition) is 1. The molecule has 3 rings (SSSR count). The fraction of sp³-hybridized carbons (Fsp3) is 0.450.